The number of piperidine rings is 1. The lowest BCUT2D eigenvalue weighted by Gasteiger charge is -2.32. The minimum atomic E-state index is -1.32. The van der Waals surface area contributed by atoms with Gasteiger partial charge in [0.05, 0.1) is 54.4 Å². The van der Waals surface area contributed by atoms with Crippen molar-refractivity contribution in [2.75, 3.05) is 81.1 Å². The third-order valence-corrected chi connectivity index (χ3v) is 6.87. The molecule has 0 amide bonds. The van der Waals surface area contributed by atoms with E-state index in [0.717, 1.165) is 38.0 Å². The molecule has 1 fully saturated rings. The number of carbonyl (C=O) groups is 1. The average molecular weight is 532 g/mol. The van der Waals surface area contributed by atoms with Crippen molar-refractivity contribution in [3.63, 3.8) is 0 Å². The SMILES string of the molecule is COCCOCCOCCN1CCC(c2ccc(C(O)C(=O)c3ccc(OC)c(OC)c3)cc2OC)CC1. The Labute approximate surface area is 225 Å². The van der Waals surface area contributed by atoms with Crippen LogP contribution in [0.2, 0.25) is 0 Å². The molecule has 1 heterocycles. The zero-order valence-corrected chi connectivity index (χ0v) is 22.9. The second-order valence-electron chi connectivity index (χ2n) is 9.17. The Hall–Kier alpha value is -2.69. The van der Waals surface area contributed by atoms with Crippen LogP contribution in [0.3, 0.4) is 0 Å². The Bertz CT molecular complexity index is 1010. The number of aliphatic hydroxyl groups is 1. The summed E-state index contributed by atoms with van der Waals surface area (Å²) in [6.45, 7) is 5.88. The number of ketones is 1. The molecule has 1 atom stereocenters. The molecule has 2 aromatic rings. The van der Waals surface area contributed by atoms with Crippen LogP contribution in [0.4, 0.5) is 0 Å². The van der Waals surface area contributed by atoms with E-state index >= 15 is 0 Å². The number of rotatable bonds is 16. The topological polar surface area (TPSA) is 95.9 Å². The zero-order valence-electron chi connectivity index (χ0n) is 22.9. The van der Waals surface area contributed by atoms with E-state index in [1.807, 2.05) is 12.1 Å². The molecule has 1 aliphatic rings. The molecule has 2 aromatic carbocycles. The predicted octanol–water partition coefficient (Wildman–Crippen LogP) is 3.49. The summed E-state index contributed by atoms with van der Waals surface area (Å²) in [6.07, 6.45) is 0.689. The number of hydrogen-bond donors (Lipinski definition) is 1. The van der Waals surface area contributed by atoms with E-state index in [9.17, 15) is 9.90 Å². The van der Waals surface area contributed by atoms with Crippen LogP contribution in [0.1, 0.15) is 46.3 Å². The summed E-state index contributed by atoms with van der Waals surface area (Å²) in [6, 6.07) is 10.4. The average Bonchev–Trinajstić information content (AvgIpc) is 2.97. The summed E-state index contributed by atoms with van der Waals surface area (Å²) in [5.41, 5.74) is 1.94. The molecular weight excluding hydrogens is 490 g/mol. The first kappa shape index (κ1) is 29.9. The lowest BCUT2D eigenvalue weighted by Crippen LogP contribution is -2.35. The van der Waals surface area contributed by atoms with E-state index in [-0.39, 0.29) is 0 Å². The van der Waals surface area contributed by atoms with Crippen LogP contribution in [-0.4, -0.2) is 96.9 Å². The first-order valence-electron chi connectivity index (χ1n) is 13.0. The zero-order chi connectivity index (χ0) is 27.3. The maximum absolute atomic E-state index is 13.0. The maximum Gasteiger partial charge on any atom is 0.195 e. The predicted molar refractivity (Wildman–Crippen MR) is 144 cm³/mol. The summed E-state index contributed by atoms with van der Waals surface area (Å²) in [5, 5.41) is 10.9. The van der Waals surface area contributed by atoms with Gasteiger partial charge < -0.3 is 38.4 Å². The van der Waals surface area contributed by atoms with Crippen LogP contribution in [0.15, 0.2) is 36.4 Å². The van der Waals surface area contributed by atoms with Crippen molar-refractivity contribution < 1.29 is 38.3 Å². The lowest BCUT2D eigenvalue weighted by atomic mass is 9.87. The monoisotopic (exact) mass is 531 g/mol. The fourth-order valence-corrected chi connectivity index (χ4v) is 4.66. The van der Waals surface area contributed by atoms with Crippen molar-refractivity contribution in [3.8, 4) is 17.2 Å². The summed E-state index contributed by atoms with van der Waals surface area (Å²) in [4.78, 5) is 15.4. The van der Waals surface area contributed by atoms with Gasteiger partial charge in [-0.05, 0) is 67.2 Å². The molecule has 0 spiro atoms. The van der Waals surface area contributed by atoms with Crippen LogP contribution in [-0.2, 0) is 14.2 Å². The van der Waals surface area contributed by atoms with E-state index in [4.69, 9.17) is 28.4 Å². The molecule has 0 aliphatic carbocycles. The summed E-state index contributed by atoms with van der Waals surface area (Å²) < 4.78 is 32.2. The van der Waals surface area contributed by atoms with E-state index in [1.165, 1.54) is 14.2 Å². The number of carbonyl (C=O) groups excluding carboxylic acids is 1. The fraction of sp³-hybridized carbons (Fsp3) is 0.552. The first-order valence-corrected chi connectivity index (χ1v) is 13.0. The number of ether oxygens (including phenoxy) is 6. The molecule has 1 saturated heterocycles. The molecule has 210 valence electrons. The van der Waals surface area contributed by atoms with Gasteiger partial charge in [0.1, 0.15) is 11.9 Å². The molecule has 3 rings (SSSR count). The van der Waals surface area contributed by atoms with E-state index in [2.05, 4.69) is 4.90 Å². The van der Waals surface area contributed by atoms with E-state index < -0.39 is 11.9 Å². The number of hydrogen-bond acceptors (Lipinski definition) is 9. The fourth-order valence-electron chi connectivity index (χ4n) is 4.66. The molecular formula is C29H41NO8. The van der Waals surface area contributed by atoms with E-state index in [0.29, 0.717) is 67.3 Å². The molecule has 9 heteroatoms. The highest BCUT2D eigenvalue weighted by molar-refractivity contribution is 6.00. The number of aliphatic hydroxyl groups excluding tert-OH is 1. The molecule has 9 nitrogen and oxygen atoms in total. The molecule has 1 aliphatic heterocycles. The van der Waals surface area contributed by atoms with Gasteiger partial charge in [0.15, 0.2) is 17.3 Å². The highest BCUT2D eigenvalue weighted by atomic mass is 16.5. The molecule has 0 saturated carbocycles. The molecule has 1 N–H and O–H groups in total. The van der Waals surface area contributed by atoms with Crippen molar-refractivity contribution >= 4 is 5.78 Å². The second-order valence-corrected chi connectivity index (χ2v) is 9.17. The smallest absolute Gasteiger partial charge is 0.195 e. The number of methoxy groups -OCH3 is 4. The standard InChI is InChI=1S/C29H41NO8/c1-33-15-16-38-18-17-37-14-13-30-11-9-21(10-12-30)24-7-5-22(19-26(24)35-3)28(31)29(32)23-6-8-25(34-2)27(20-23)36-4/h5-8,19-21,28,31H,9-18H2,1-4H3. The van der Waals surface area contributed by atoms with Gasteiger partial charge in [-0.25, -0.2) is 0 Å². The highest BCUT2D eigenvalue weighted by Gasteiger charge is 2.26. The van der Waals surface area contributed by atoms with Crippen molar-refractivity contribution in [2.24, 2.45) is 0 Å². The Morgan fingerprint density at radius 2 is 1.50 bits per heavy atom. The maximum atomic E-state index is 13.0. The van der Waals surface area contributed by atoms with Crippen LogP contribution in [0.25, 0.3) is 0 Å². The van der Waals surface area contributed by atoms with Crippen molar-refractivity contribution in [3.05, 3.63) is 53.1 Å². The van der Waals surface area contributed by atoms with Crippen molar-refractivity contribution in [2.45, 2.75) is 24.9 Å². The third kappa shape index (κ3) is 8.15. The molecule has 0 aromatic heterocycles. The van der Waals surface area contributed by atoms with Gasteiger partial charge in [-0.3, -0.25) is 4.79 Å². The van der Waals surface area contributed by atoms with Gasteiger partial charge in [-0.1, -0.05) is 12.1 Å². The van der Waals surface area contributed by atoms with Crippen LogP contribution < -0.4 is 14.2 Å². The highest BCUT2D eigenvalue weighted by Crippen LogP contribution is 2.36. The number of nitrogens with zero attached hydrogens (tertiary/aromatic N) is 1. The summed E-state index contributed by atoms with van der Waals surface area (Å²) >= 11 is 0. The van der Waals surface area contributed by atoms with Crippen LogP contribution >= 0.6 is 0 Å². The molecule has 38 heavy (non-hydrogen) atoms. The number of Topliss-reactive ketones (excluding diaryl/α,β-unsaturated/α-hetero) is 1. The summed E-state index contributed by atoms with van der Waals surface area (Å²) in [7, 11) is 6.32. The second kappa shape index (κ2) is 15.7. The van der Waals surface area contributed by atoms with Gasteiger partial charge in [0, 0.05) is 19.2 Å². The van der Waals surface area contributed by atoms with E-state index in [1.54, 1.807) is 38.5 Å². The van der Waals surface area contributed by atoms with Crippen molar-refractivity contribution in [1.29, 1.82) is 0 Å². The quantitative estimate of drug-likeness (QED) is 0.258. The Morgan fingerprint density at radius 3 is 2.16 bits per heavy atom. The Morgan fingerprint density at radius 1 is 0.842 bits per heavy atom. The summed E-state index contributed by atoms with van der Waals surface area (Å²) in [5.74, 6) is 1.58. The van der Waals surface area contributed by atoms with Gasteiger partial charge in [-0.2, -0.15) is 0 Å². The van der Waals surface area contributed by atoms with Crippen LogP contribution in [0, 0.1) is 0 Å². The molecule has 0 radical (unpaired) electrons. The Balaban J connectivity index is 1.53. The number of benzene rings is 2. The molecule has 0 bridgehead atoms. The van der Waals surface area contributed by atoms with Crippen LogP contribution in [0.5, 0.6) is 17.2 Å². The third-order valence-electron chi connectivity index (χ3n) is 6.87. The van der Waals surface area contributed by atoms with Gasteiger partial charge in [0.2, 0.25) is 0 Å². The lowest BCUT2D eigenvalue weighted by molar-refractivity contribution is 0.0180. The number of likely N-dealkylation sites (tertiary alicyclic amines) is 1. The van der Waals surface area contributed by atoms with Gasteiger partial charge >= 0.3 is 0 Å². The molecule has 1 unspecified atom stereocenters. The van der Waals surface area contributed by atoms with Crippen molar-refractivity contribution in [1.82, 2.24) is 4.90 Å². The minimum absolute atomic E-state index is 0.341. The first-order chi connectivity index (χ1) is 18.5. The van der Waals surface area contributed by atoms with Gasteiger partial charge in [0.25, 0.3) is 0 Å². The normalized spacial score (nSPS) is 15.3. The van der Waals surface area contributed by atoms with Gasteiger partial charge in [-0.15, -0.1) is 0 Å². The largest absolute Gasteiger partial charge is 0.496 e. The Kier molecular flexibility index (Phi) is 12.3. The minimum Gasteiger partial charge on any atom is -0.496 e.